The molecule has 0 aliphatic carbocycles. The highest BCUT2D eigenvalue weighted by atomic mass is 32.2. The molecule has 0 aromatic carbocycles. The van der Waals surface area contributed by atoms with Crippen LogP contribution >= 0.6 is 11.3 Å². The Morgan fingerprint density at radius 2 is 2.06 bits per heavy atom. The van der Waals surface area contributed by atoms with Crippen molar-refractivity contribution in [1.29, 1.82) is 0 Å². The predicted molar refractivity (Wildman–Crippen MR) is 76.3 cm³/mol. The lowest BCUT2D eigenvalue weighted by molar-refractivity contribution is 0.434. The van der Waals surface area contributed by atoms with Gasteiger partial charge in [0, 0.05) is 22.8 Å². The van der Waals surface area contributed by atoms with Crippen molar-refractivity contribution >= 4 is 21.4 Å². The standard InChI is InChI=1S/C12H22N2O2S2/c1-5-9(2)10(3)14-18(15,16)12-6-11(7-13-4)17-8-12/h6,8-10,13-14H,5,7H2,1-4H3. The second-order valence-electron chi connectivity index (χ2n) is 4.57. The van der Waals surface area contributed by atoms with Gasteiger partial charge in [0.1, 0.15) is 0 Å². The topological polar surface area (TPSA) is 58.2 Å². The average molecular weight is 290 g/mol. The highest BCUT2D eigenvalue weighted by Crippen LogP contribution is 2.20. The Morgan fingerprint density at radius 3 is 2.61 bits per heavy atom. The molecule has 6 heteroatoms. The highest BCUT2D eigenvalue weighted by molar-refractivity contribution is 7.89. The van der Waals surface area contributed by atoms with E-state index in [2.05, 4.69) is 17.0 Å². The van der Waals surface area contributed by atoms with Crippen molar-refractivity contribution in [2.75, 3.05) is 7.05 Å². The van der Waals surface area contributed by atoms with E-state index in [4.69, 9.17) is 0 Å². The second kappa shape index (κ2) is 6.65. The molecule has 0 aliphatic rings. The van der Waals surface area contributed by atoms with Gasteiger partial charge < -0.3 is 5.32 Å². The average Bonchev–Trinajstić information content (AvgIpc) is 2.77. The van der Waals surface area contributed by atoms with E-state index in [0.29, 0.717) is 17.4 Å². The molecule has 1 heterocycles. The van der Waals surface area contributed by atoms with Crippen LogP contribution < -0.4 is 10.0 Å². The van der Waals surface area contributed by atoms with Crippen LogP contribution in [0.4, 0.5) is 0 Å². The summed E-state index contributed by atoms with van der Waals surface area (Å²) in [5, 5.41) is 4.70. The summed E-state index contributed by atoms with van der Waals surface area (Å²) >= 11 is 1.46. The van der Waals surface area contributed by atoms with Crippen LogP contribution in [0.3, 0.4) is 0 Å². The Kier molecular flexibility index (Phi) is 5.78. The molecule has 0 fully saturated rings. The Balaban J connectivity index is 2.79. The molecule has 18 heavy (non-hydrogen) atoms. The minimum atomic E-state index is -3.38. The van der Waals surface area contributed by atoms with E-state index in [-0.39, 0.29) is 6.04 Å². The number of nitrogens with one attached hydrogen (secondary N) is 2. The van der Waals surface area contributed by atoms with E-state index in [1.165, 1.54) is 11.3 Å². The fourth-order valence-electron chi connectivity index (χ4n) is 1.55. The molecule has 0 spiro atoms. The van der Waals surface area contributed by atoms with Crippen LogP contribution in [0, 0.1) is 5.92 Å². The van der Waals surface area contributed by atoms with Crippen molar-refractivity contribution in [3.8, 4) is 0 Å². The number of thiophene rings is 1. The van der Waals surface area contributed by atoms with Gasteiger partial charge in [0.25, 0.3) is 0 Å². The summed E-state index contributed by atoms with van der Waals surface area (Å²) in [6.07, 6.45) is 0.957. The summed E-state index contributed by atoms with van der Waals surface area (Å²) in [5.41, 5.74) is 0. The van der Waals surface area contributed by atoms with Gasteiger partial charge in [0.05, 0.1) is 4.90 Å². The third kappa shape index (κ3) is 4.05. The van der Waals surface area contributed by atoms with Crippen LogP contribution in [0.1, 0.15) is 32.1 Å². The van der Waals surface area contributed by atoms with Gasteiger partial charge in [-0.05, 0) is 26.0 Å². The lowest BCUT2D eigenvalue weighted by Gasteiger charge is -2.19. The zero-order chi connectivity index (χ0) is 13.8. The van der Waals surface area contributed by atoms with Crippen LogP contribution in [0.25, 0.3) is 0 Å². The van der Waals surface area contributed by atoms with E-state index in [0.717, 1.165) is 11.3 Å². The third-order valence-electron chi connectivity index (χ3n) is 3.13. The SMILES string of the molecule is CCC(C)C(C)NS(=O)(=O)c1csc(CNC)c1. The molecule has 0 saturated carbocycles. The fourth-order valence-corrected chi connectivity index (χ4v) is 4.19. The first-order chi connectivity index (χ1) is 8.40. The van der Waals surface area contributed by atoms with Crippen LogP contribution in [0.15, 0.2) is 16.3 Å². The molecule has 1 rings (SSSR count). The second-order valence-corrected chi connectivity index (χ2v) is 7.28. The minimum Gasteiger partial charge on any atom is -0.315 e. The van der Waals surface area contributed by atoms with Gasteiger partial charge in [0.15, 0.2) is 0 Å². The van der Waals surface area contributed by atoms with Gasteiger partial charge in [-0.15, -0.1) is 11.3 Å². The van der Waals surface area contributed by atoms with Gasteiger partial charge in [0.2, 0.25) is 10.0 Å². The molecule has 0 amide bonds. The Bertz CT molecular complexity index is 468. The largest absolute Gasteiger partial charge is 0.315 e. The molecule has 2 N–H and O–H groups in total. The van der Waals surface area contributed by atoms with Crippen molar-refractivity contribution in [3.63, 3.8) is 0 Å². The number of rotatable bonds is 7. The van der Waals surface area contributed by atoms with Crippen molar-refractivity contribution in [2.24, 2.45) is 5.92 Å². The summed E-state index contributed by atoms with van der Waals surface area (Å²) < 4.78 is 27.0. The van der Waals surface area contributed by atoms with Crippen LogP contribution in [-0.2, 0) is 16.6 Å². The molecule has 0 saturated heterocycles. The number of hydrogen-bond acceptors (Lipinski definition) is 4. The molecule has 2 unspecified atom stereocenters. The summed E-state index contributed by atoms with van der Waals surface area (Å²) in [5.74, 6) is 0.329. The molecule has 1 aromatic heterocycles. The first kappa shape index (κ1) is 15.6. The molecular formula is C12H22N2O2S2. The predicted octanol–water partition coefficient (Wildman–Crippen LogP) is 2.18. The summed E-state index contributed by atoms with van der Waals surface area (Å²) in [4.78, 5) is 1.39. The Labute approximate surface area is 114 Å². The molecule has 104 valence electrons. The Morgan fingerprint density at radius 1 is 1.39 bits per heavy atom. The first-order valence-corrected chi connectivity index (χ1v) is 8.51. The zero-order valence-corrected chi connectivity index (χ0v) is 13.0. The zero-order valence-electron chi connectivity index (χ0n) is 11.4. The highest BCUT2D eigenvalue weighted by Gasteiger charge is 2.21. The molecule has 0 radical (unpaired) electrons. The van der Waals surface area contributed by atoms with Crippen molar-refractivity contribution in [2.45, 2.75) is 44.7 Å². The van der Waals surface area contributed by atoms with Crippen LogP contribution in [-0.4, -0.2) is 21.5 Å². The molecular weight excluding hydrogens is 268 g/mol. The molecule has 1 aromatic rings. The number of hydrogen-bond donors (Lipinski definition) is 2. The van der Waals surface area contributed by atoms with Gasteiger partial charge in [-0.1, -0.05) is 20.3 Å². The normalized spacial score (nSPS) is 15.6. The maximum atomic E-state index is 12.2. The lowest BCUT2D eigenvalue weighted by atomic mass is 10.0. The summed E-state index contributed by atoms with van der Waals surface area (Å²) in [6.45, 7) is 6.71. The smallest absolute Gasteiger partial charge is 0.241 e. The van der Waals surface area contributed by atoms with Crippen molar-refractivity contribution < 1.29 is 8.42 Å². The van der Waals surface area contributed by atoms with E-state index in [1.807, 2.05) is 20.9 Å². The van der Waals surface area contributed by atoms with Gasteiger partial charge >= 0.3 is 0 Å². The van der Waals surface area contributed by atoms with E-state index >= 15 is 0 Å². The molecule has 2 atom stereocenters. The first-order valence-electron chi connectivity index (χ1n) is 6.15. The molecule has 0 aliphatic heterocycles. The van der Waals surface area contributed by atoms with Crippen molar-refractivity contribution in [1.82, 2.24) is 10.0 Å². The van der Waals surface area contributed by atoms with Crippen LogP contribution in [0.2, 0.25) is 0 Å². The lowest BCUT2D eigenvalue weighted by Crippen LogP contribution is -2.36. The molecule has 4 nitrogen and oxygen atoms in total. The van der Waals surface area contributed by atoms with Gasteiger partial charge in [-0.3, -0.25) is 0 Å². The molecule has 0 bridgehead atoms. The summed E-state index contributed by atoms with van der Waals surface area (Å²) in [7, 11) is -1.54. The van der Waals surface area contributed by atoms with E-state index < -0.39 is 10.0 Å². The van der Waals surface area contributed by atoms with Crippen LogP contribution in [0.5, 0.6) is 0 Å². The maximum absolute atomic E-state index is 12.2. The van der Waals surface area contributed by atoms with Gasteiger partial charge in [-0.25, -0.2) is 13.1 Å². The van der Waals surface area contributed by atoms with Gasteiger partial charge in [-0.2, -0.15) is 0 Å². The summed E-state index contributed by atoms with van der Waals surface area (Å²) in [6, 6.07) is 1.68. The fraction of sp³-hybridized carbons (Fsp3) is 0.667. The van der Waals surface area contributed by atoms with Crippen molar-refractivity contribution in [3.05, 3.63) is 16.3 Å². The van der Waals surface area contributed by atoms with E-state index in [1.54, 1.807) is 11.4 Å². The Hall–Kier alpha value is -0.430. The minimum absolute atomic E-state index is 0.0485. The van der Waals surface area contributed by atoms with E-state index in [9.17, 15) is 8.42 Å². The number of sulfonamides is 1. The maximum Gasteiger partial charge on any atom is 0.241 e. The quantitative estimate of drug-likeness (QED) is 0.809. The third-order valence-corrected chi connectivity index (χ3v) is 5.75. The monoisotopic (exact) mass is 290 g/mol.